The van der Waals surface area contributed by atoms with Crippen LogP contribution in [-0.2, 0) is 0 Å². The van der Waals surface area contributed by atoms with Crippen molar-refractivity contribution in [2.75, 3.05) is 26.2 Å². The summed E-state index contributed by atoms with van der Waals surface area (Å²) in [5.74, 6) is 0. The maximum Gasteiger partial charge on any atom is 0.106 e. The zero-order valence-electron chi connectivity index (χ0n) is 11.6. The number of aromatic nitrogens is 1. The van der Waals surface area contributed by atoms with E-state index in [0.717, 1.165) is 31.9 Å². The molecule has 1 aromatic rings. The third kappa shape index (κ3) is 3.51. The van der Waals surface area contributed by atoms with Crippen molar-refractivity contribution in [1.29, 1.82) is 0 Å². The van der Waals surface area contributed by atoms with Gasteiger partial charge in [0, 0.05) is 6.20 Å². The van der Waals surface area contributed by atoms with Gasteiger partial charge in [-0.05, 0) is 38.3 Å². The molecule has 0 radical (unpaired) electrons. The Kier molecular flexibility index (Phi) is 6.16. The standard InChI is InChI=1S/C14H25N3/c1-5-16(6-2)14(17(7-3)8-4)13-11-9-10-12-15-13/h9-12,14H,5-8H2,1-4H3. The summed E-state index contributed by atoms with van der Waals surface area (Å²) in [4.78, 5) is 9.44. The molecular weight excluding hydrogens is 210 g/mol. The van der Waals surface area contributed by atoms with Gasteiger partial charge in [0.15, 0.2) is 0 Å². The summed E-state index contributed by atoms with van der Waals surface area (Å²) in [5.41, 5.74) is 1.15. The maximum absolute atomic E-state index is 4.53. The molecule has 0 atom stereocenters. The fourth-order valence-electron chi connectivity index (χ4n) is 2.27. The lowest BCUT2D eigenvalue weighted by atomic mass is 10.2. The van der Waals surface area contributed by atoms with E-state index in [1.807, 2.05) is 12.3 Å². The highest BCUT2D eigenvalue weighted by Crippen LogP contribution is 2.22. The molecule has 0 spiro atoms. The van der Waals surface area contributed by atoms with Crippen LogP contribution < -0.4 is 0 Å². The molecule has 96 valence electrons. The Morgan fingerprint density at radius 3 is 1.82 bits per heavy atom. The van der Waals surface area contributed by atoms with Gasteiger partial charge in [0.2, 0.25) is 0 Å². The van der Waals surface area contributed by atoms with Crippen LogP contribution in [0.5, 0.6) is 0 Å². The minimum Gasteiger partial charge on any atom is -0.283 e. The van der Waals surface area contributed by atoms with E-state index < -0.39 is 0 Å². The highest BCUT2D eigenvalue weighted by molar-refractivity contribution is 5.08. The first-order valence-corrected chi connectivity index (χ1v) is 6.67. The summed E-state index contributed by atoms with van der Waals surface area (Å²) < 4.78 is 0. The first-order chi connectivity index (χ1) is 8.28. The Morgan fingerprint density at radius 1 is 0.941 bits per heavy atom. The minimum atomic E-state index is 0.307. The van der Waals surface area contributed by atoms with Crippen molar-refractivity contribution in [3.8, 4) is 0 Å². The quantitative estimate of drug-likeness (QED) is 0.677. The number of hydrogen-bond donors (Lipinski definition) is 0. The summed E-state index contributed by atoms with van der Waals surface area (Å²) >= 11 is 0. The monoisotopic (exact) mass is 235 g/mol. The second kappa shape index (κ2) is 7.41. The molecule has 0 amide bonds. The first kappa shape index (κ1) is 14.1. The van der Waals surface area contributed by atoms with Crippen LogP contribution in [-0.4, -0.2) is 41.0 Å². The SMILES string of the molecule is CCN(CC)C(c1ccccn1)N(CC)CC. The lowest BCUT2D eigenvalue weighted by molar-refractivity contribution is 0.0528. The molecule has 0 N–H and O–H groups in total. The number of rotatable bonds is 7. The van der Waals surface area contributed by atoms with Gasteiger partial charge in [0.25, 0.3) is 0 Å². The van der Waals surface area contributed by atoms with E-state index in [9.17, 15) is 0 Å². The van der Waals surface area contributed by atoms with Gasteiger partial charge in [-0.15, -0.1) is 0 Å². The number of nitrogens with zero attached hydrogens (tertiary/aromatic N) is 3. The van der Waals surface area contributed by atoms with E-state index in [1.54, 1.807) is 0 Å². The van der Waals surface area contributed by atoms with Gasteiger partial charge in [-0.25, -0.2) is 0 Å². The summed E-state index contributed by atoms with van der Waals surface area (Å²) in [6.45, 7) is 13.0. The fourth-order valence-corrected chi connectivity index (χ4v) is 2.27. The lowest BCUT2D eigenvalue weighted by Gasteiger charge is -2.37. The molecule has 0 bridgehead atoms. The smallest absolute Gasteiger partial charge is 0.106 e. The van der Waals surface area contributed by atoms with Crippen LogP contribution >= 0.6 is 0 Å². The Labute approximate surface area is 105 Å². The third-order valence-corrected chi connectivity index (χ3v) is 3.27. The lowest BCUT2D eigenvalue weighted by Crippen LogP contribution is -2.41. The van der Waals surface area contributed by atoms with E-state index in [0.29, 0.717) is 6.17 Å². The normalized spacial score (nSPS) is 11.7. The topological polar surface area (TPSA) is 19.4 Å². The Balaban J connectivity index is 3.01. The molecule has 1 rings (SSSR count). The largest absolute Gasteiger partial charge is 0.283 e. The van der Waals surface area contributed by atoms with Crippen molar-refractivity contribution in [3.05, 3.63) is 30.1 Å². The molecule has 3 heteroatoms. The molecule has 0 aromatic carbocycles. The van der Waals surface area contributed by atoms with Crippen molar-refractivity contribution < 1.29 is 0 Å². The van der Waals surface area contributed by atoms with Gasteiger partial charge in [-0.1, -0.05) is 33.8 Å². The Bertz CT molecular complexity index is 280. The van der Waals surface area contributed by atoms with Gasteiger partial charge in [-0.3, -0.25) is 14.8 Å². The van der Waals surface area contributed by atoms with Crippen molar-refractivity contribution in [2.45, 2.75) is 33.9 Å². The maximum atomic E-state index is 4.53. The van der Waals surface area contributed by atoms with Crippen molar-refractivity contribution in [2.24, 2.45) is 0 Å². The van der Waals surface area contributed by atoms with Crippen LogP contribution in [0.3, 0.4) is 0 Å². The molecule has 0 saturated carbocycles. The van der Waals surface area contributed by atoms with Crippen LogP contribution in [0.2, 0.25) is 0 Å². The van der Waals surface area contributed by atoms with Gasteiger partial charge in [0.05, 0.1) is 5.69 Å². The zero-order valence-corrected chi connectivity index (χ0v) is 11.6. The van der Waals surface area contributed by atoms with E-state index in [4.69, 9.17) is 0 Å². The summed E-state index contributed by atoms with van der Waals surface area (Å²) in [6, 6.07) is 6.18. The van der Waals surface area contributed by atoms with Gasteiger partial charge in [-0.2, -0.15) is 0 Å². The second-order valence-electron chi connectivity index (χ2n) is 4.07. The predicted octanol–water partition coefficient (Wildman–Crippen LogP) is 2.76. The van der Waals surface area contributed by atoms with Crippen LogP contribution in [0, 0.1) is 0 Å². The van der Waals surface area contributed by atoms with Crippen LogP contribution in [0.25, 0.3) is 0 Å². The summed E-state index contributed by atoms with van der Waals surface area (Å²) in [6.07, 6.45) is 2.19. The molecule has 3 nitrogen and oxygen atoms in total. The van der Waals surface area contributed by atoms with Crippen LogP contribution in [0.15, 0.2) is 24.4 Å². The van der Waals surface area contributed by atoms with E-state index in [-0.39, 0.29) is 0 Å². The van der Waals surface area contributed by atoms with Crippen LogP contribution in [0.4, 0.5) is 0 Å². The molecule has 0 fully saturated rings. The molecule has 0 unspecified atom stereocenters. The minimum absolute atomic E-state index is 0.307. The Morgan fingerprint density at radius 2 is 1.47 bits per heavy atom. The first-order valence-electron chi connectivity index (χ1n) is 6.67. The molecule has 17 heavy (non-hydrogen) atoms. The highest BCUT2D eigenvalue weighted by Gasteiger charge is 2.23. The van der Waals surface area contributed by atoms with E-state index >= 15 is 0 Å². The molecule has 0 aliphatic heterocycles. The molecule has 0 aliphatic rings. The van der Waals surface area contributed by atoms with E-state index in [1.165, 1.54) is 0 Å². The number of pyridine rings is 1. The number of hydrogen-bond acceptors (Lipinski definition) is 3. The van der Waals surface area contributed by atoms with Crippen molar-refractivity contribution >= 4 is 0 Å². The van der Waals surface area contributed by atoms with Gasteiger partial charge >= 0.3 is 0 Å². The zero-order chi connectivity index (χ0) is 12.7. The fraction of sp³-hybridized carbons (Fsp3) is 0.643. The van der Waals surface area contributed by atoms with Crippen molar-refractivity contribution in [1.82, 2.24) is 14.8 Å². The van der Waals surface area contributed by atoms with Gasteiger partial charge in [0.1, 0.15) is 6.17 Å². The molecule has 1 heterocycles. The highest BCUT2D eigenvalue weighted by atomic mass is 15.4. The third-order valence-electron chi connectivity index (χ3n) is 3.27. The molecule has 0 aliphatic carbocycles. The molecule has 1 aromatic heterocycles. The summed E-state index contributed by atoms with van der Waals surface area (Å²) in [5, 5.41) is 0. The Hall–Kier alpha value is -0.930. The summed E-state index contributed by atoms with van der Waals surface area (Å²) in [7, 11) is 0. The second-order valence-corrected chi connectivity index (χ2v) is 4.07. The van der Waals surface area contributed by atoms with Crippen LogP contribution in [0.1, 0.15) is 39.6 Å². The molecule has 0 saturated heterocycles. The average Bonchev–Trinajstić information content (AvgIpc) is 2.40. The van der Waals surface area contributed by atoms with Crippen molar-refractivity contribution in [3.63, 3.8) is 0 Å². The predicted molar refractivity (Wildman–Crippen MR) is 72.8 cm³/mol. The average molecular weight is 235 g/mol. The van der Waals surface area contributed by atoms with E-state index in [2.05, 4.69) is 54.6 Å². The van der Waals surface area contributed by atoms with Gasteiger partial charge < -0.3 is 0 Å². The molecular formula is C14H25N3.